The van der Waals surface area contributed by atoms with Crippen molar-refractivity contribution in [2.45, 2.75) is 0 Å². The van der Waals surface area contributed by atoms with Crippen molar-refractivity contribution in [2.24, 2.45) is 0 Å². The minimum Gasteiger partial charge on any atom is -0.495 e. The molecule has 0 radical (unpaired) electrons. The number of rotatable bonds is 4. The Labute approximate surface area is 124 Å². The normalized spacial score (nSPS) is 9.95. The van der Waals surface area contributed by atoms with E-state index in [0.29, 0.717) is 11.6 Å². The quantitative estimate of drug-likeness (QED) is 0.865. The summed E-state index contributed by atoms with van der Waals surface area (Å²) in [5.74, 6) is 0.644. The van der Waals surface area contributed by atoms with Gasteiger partial charge in [0.05, 0.1) is 32.3 Å². The fourth-order valence-corrected chi connectivity index (χ4v) is 1.88. The van der Waals surface area contributed by atoms with Gasteiger partial charge in [-0.05, 0) is 18.2 Å². The largest absolute Gasteiger partial charge is 0.495 e. The Bertz CT molecular complexity index is 617. The van der Waals surface area contributed by atoms with Gasteiger partial charge < -0.3 is 14.8 Å². The van der Waals surface area contributed by atoms with Crippen LogP contribution in [0.4, 0.5) is 11.5 Å². The van der Waals surface area contributed by atoms with Gasteiger partial charge in [-0.15, -0.1) is 0 Å². The SMILES string of the molecule is COC(=O)c1cnc(Nc2cc(Br)ccc2OC)cn1. The maximum atomic E-state index is 11.3. The lowest BCUT2D eigenvalue weighted by Crippen LogP contribution is -2.06. The fourth-order valence-electron chi connectivity index (χ4n) is 1.52. The molecule has 2 aromatic rings. The van der Waals surface area contributed by atoms with Gasteiger partial charge in [0.2, 0.25) is 0 Å². The smallest absolute Gasteiger partial charge is 0.358 e. The summed E-state index contributed by atoms with van der Waals surface area (Å²) in [6.07, 6.45) is 2.80. The highest BCUT2D eigenvalue weighted by molar-refractivity contribution is 9.10. The molecule has 0 aliphatic heterocycles. The molecule has 0 bridgehead atoms. The van der Waals surface area contributed by atoms with E-state index in [1.165, 1.54) is 19.5 Å². The number of methoxy groups -OCH3 is 2. The number of nitrogens with one attached hydrogen (secondary N) is 1. The van der Waals surface area contributed by atoms with Gasteiger partial charge in [-0.1, -0.05) is 15.9 Å². The highest BCUT2D eigenvalue weighted by atomic mass is 79.9. The van der Waals surface area contributed by atoms with Crippen LogP contribution in [0.15, 0.2) is 35.1 Å². The third-order valence-corrected chi connectivity index (χ3v) is 2.96. The number of aromatic nitrogens is 2. The monoisotopic (exact) mass is 337 g/mol. The molecular weight excluding hydrogens is 326 g/mol. The van der Waals surface area contributed by atoms with Crippen molar-refractivity contribution < 1.29 is 14.3 Å². The van der Waals surface area contributed by atoms with Crippen molar-refractivity contribution in [3.63, 3.8) is 0 Å². The van der Waals surface area contributed by atoms with Crippen LogP contribution >= 0.6 is 15.9 Å². The molecule has 1 N–H and O–H groups in total. The van der Waals surface area contributed by atoms with Crippen LogP contribution < -0.4 is 10.1 Å². The minimum atomic E-state index is -0.524. The number of halogens is 1. The molecule has 0 amide bonds. The van der Waals surface area contributed by atoms with Crippen LogP contribution in [-0.4, -0.2) is 30.2 Å². The molecule has 20 heavy (non-hydrogen) atoms. The van der Waals surface area contributed by atoms with Crippen molar-refractivity contribution in [1.82, 2.24) is 9.97 Å². The van der Waals surface area contributed by atoms with Gasteiger partial charge in [-0.2, -0.15) is 0 Å². The number of anilines is 2. The molecule has 7 heteroatoms. The van der Waals surface area contributed by atoms with Crippen LogP contribution in [0.2, 0.25) is 0 Å². The second-order valence-corrected chi connectivity index (χ2v) is 4.66. The van der Waals surface area contributed by atoms with Gasteiger partial charge in [-0.3, -0.25) is 0 Å². The van der Waals surface area contributed by atoms with Crippen LogP contribution in [0.1, 0.15) is 10.5 Å². The zero-order chi connectivity index (χ0) is 14.5. The first-order valence-corrected chi connectivity index (χ1v) is 6.44. The summed E-state index contributed by atoms with van der Waals surface area (Å²) in [5, 5.41) is 3.07. The second kappa shape index (κ2) is 6.33. The van der Waals surface area contributed by atoms with Crippen LogP contribution in [0, 0.1) is 0 Å². The maximum Gasteiger partial charge on any atom is 0.358 e. The minimum absolute atomic E-state index is 0.152. The van der Waals surface area contributed by atoms with Crippen molar-refractivity contribution >= 4 is 33.4 Å². The Kier molecular flexibility index (Phi) is 4.52. The molecule has 6 nitrogen and oxygen atoms in total. The Balaban J connectivity index is 2.22. The lowest BCUT2D eigenvalue weighted by atomic mass is 10.3. The second-order valence-electron chi connectivity index (χ2n) is 3.75. The van der Waals surface area contributed by atoms with Crippen LogP contribution in [0.25, 0.3) is 0 Å². The topological polar surface area (TPSA) is 73.3 Å². The molecule has 1 aromatic heterocycles. The average molecular weight is 338 g/mol. The molecule has 2 rings (SSSR count). The molecule has 0 saturated carbocycles. The third-order valence-electron chi connectivity index (χ3n) is 2.47. The summed E-state index contributed by atoms with van der Waals surface area (Å²) in [6.45, 7) is 0. The van der Waals surface area contributed by atoms with Gasteiger partial charge in [0.1, 0.15) is 11.6 Å². The van der Waals surface area contributed by atoms with Gasteiger partial charge in [0.15, 0.2) is 5.69 Å². The standard InChI is InChI=1S/C13H12BrN3O3/c1-19-11-4-3-8(14)5-9(11)17-12-7-15-10(6-16-12)13(18)20-2/h3-7H,1-2H3,(H,16,17). The summed E-state index contributed by atoms with van der Waals surface area (Å²) < 4.78 is 10.7. The van der Waals surface area contributed by atoms with E-state index in [1.54, 1.807) is 7.11 Å². The van der Waals surface area contributed by atoms with Crippen LogP contribution in [0.5, 0.6) is 5.75 Å². The first-order valence-electron chi connectivity index (χ1n) is 5.65. The van der Waals surface area contributed by atoms with E-state index < -0.39 is 5.97 Å². The van der Waals surface area contributed by atoms with Gasteiger partial charge >= 0.3 is 5.97 Å². The summed E-state index contributed by atoms with van der Waals surface area (Å²) in [6, 6.07) is 5.55. The molecule has 0 atom stereocenters. The Hall–Kier alpha value is -2.15. The lowest BCUT2D eigenvalue weighted by molar-refractivity contribution is 0.0593. The number of carbonyl (C=O) groups excluding carboxylic acids is 1. The van der Waals surface area contributed by atoms with E-state index >= 15 is 0 Å². The van der Waals surface area contributed by atoms with E-state index in [9.17, 15) is 4.79 Å². The first kappa shape index (κ1) is 14.3. The average Bonchev–Trinajstić information content (AvgIpc) is 2.47. The van der Waals surface area contributed by atoms with Crippen molar-refractivity contribution in [1.29, 1.82) is 0 Å². The van der Waals surface area contributed by atoms with Crippen molar-refractivity contribution in [2.75, 3.05) is 19.5 Å². The number of hydrogen-bond acceptors (Lipinski definition) is 6. The van der Waals surface area contributed by atoms with E-state index in [1.807, 2.05) is 18.2 Å². The summed E-state index contributed by atoms with van der Waals surface area (Å²) in [7, 11) is 2.88. The summed E-state index contributed by atoms with van der Waals surface area (Å²) >= 11 is 3.39. The third kappa shape index (κ3) is 3.24. The van der Waals surface area contributed by atoms with E-state index in [-0.39, 0.29) is 5.69 Å². The predicted molar refractivity (Wildman–Crippen MR) is 77.3 cm³/mol. The lowest BCUT2D eigenvalue weighted by Gasteiger charge is -2.10. The molecule has 104 valence electrons. The number of benzene rings is 1. The fraction of sp³-hybridized carbons (Fsp3) is 0.154. The molecule has 1 aromatic carbocycles. The maximum absolute atomic E-state index is 11.3. The molecule has 0 saturated heterocycles. The number of ether oxygens (including phenoxy) is 2. The molecule has 0 unspecified atom stereocenters. The zero-order valence-corrected chi connectivity index (χ0v) is 12.5. The van der Waals surface area contributed by atoms with Crippen LogP contribution in [-0.2, 0) is 4.74 Å². The Morgan fingerprint density at radius 3 is 2.65 bits per heavy atom. The Morgan fingerprint density at radius 1 is 1.25 bits per heavy atom. The molecule has 0 spiro atoms. The number of nitrogens with zero attached hydrogens (tertiary/aromatic N) is 2. The molecule has 1 heterocycles. The number of hydrogen-bond donors (Lipinski definition) is 1. The van der Waals surface area contributed by atoms with Gasteiger partial charge in [0, 0.05) is 4.47 Å². The highest BCUT2D eigenvalue weighted by Crippen LogP contribution is 2.29. The molecule has 0 aliphatic rings. The molecule has 0 fully saturated rings. The molecule has 0 aliphatic carbocycles. The first-order chi connectivity index (χ1) is 9.63. The van der Waals surface area contributed by atoms with Crippen molar-refractivity contribution in [3.05, 3.63) is 40.8 Å². The molecular formula is C13H12BrN3O3. The zero-order valence-electron chi connectivity index (χ0n) is 10.9. The highest BCUT2D eigenvalue weighted by Gasteiger charge is 2.09. The van der Waals surface area contributed by atoms with Gasteiger partial charge in [0.25, 0.3) is 0 Å². The van der Waals surface area contributed by atoms with E-state index in [4.69, 9.17) is 4.74 Å². The Morgan fingerprint density at radius 2 is 2.05 bits per heavy atom. The van der Waals surface area contributed by atoms with Crippen molar-refractivity contribution in [3.8, 4) is 5.75 Å². The number of esters is 1. The van der Waals surface area contributed by atoms with Gasteiger partial charge in [-0.25, -0.2) is 14.8 Å². The number of carbonyl (C=O) groups is 1. The summed E-state index contributed by atoms with van der Waals surface area (Å²) in [4.78, 5) is 19.3. The predicted octanol–water partition coefficient (Wildman–Crippen LogP) is 2.78. The summed E-state index contributed by atoms with van der Waals surface area (Å²) in [5.41, 5.74) is 0.890. The van der Waals surface area contributed by atoms with E-state index in [2.05, 4.69) is 36.0 Å². The van der Waals surface area contributed by atoms with E-state index in [0.717, 1.165) is 10.2 Å². The van der Waals surface area contributed by atoms with Crippen LogP contribution in [0.3, 0.4) is 0 Å².